The number of phenols is 1. The maximum atomic E-state index is 11.9. The van der Waals surface area contributed by atoms with Crippen LogP contribution in [-0.4, -0.2) is 50.2 Å². The van der Waals surface area contributed by atoms with Gasteiger partial charge in [-0.15, -0.1) is 0 Å². The molecule has 1 heterocycles. The van der Waals surface area contributed by atoms with Crippen LogP contribution in [0, 0.1) is 0 Å². The quantitative estimate of drug-likeness (QED) is 0.813. The summed E-state index contributed by atoms with van der Waals surface area (Å²) in [6, 6.07) is 6.16. The zero-order chi connectivity index (χ0) is 15.5. The average molecular weight is 313 g/mol. The van der Waals surface area contributed by atoms with Gasteiger partial charge >= 0.3 is 0 Å². The number of benzene rings is 1. The number of methoxy groups -OCH3 is 1. The fraction of sp³-hybridized carbons (Fsp3) is 0.500. The lowest BCUT2D eigenvalue weighted by molar-refractivity contribution is -0.122. The van der Waals surface area contributed by atoms with Crippen molar-refractivity contribution < 1.29 is 23.1 Å². The molecule has 1 saturated heterocycles. The molecule has 0 spiro atoms. The van der Waals surface area contributed by atoms with Crippen molar-refractivity contribution in [2.45, 2.75) is 25.0 Å². The minimum absolute atomic E-state index is 0.0492. The van der Waals surface area contributed by atoms with E-state index in [1.54, 1.807) is 24.3 Å². The van der Waals surface area contributed by atoms with Crippen LogP contribution in [0.15, 0.2) is 24.3 Å². The van der Waals surface area contributed by atoms with Gasteiger partial charge in [0.15, 0.2) is 9.84 Å². The van der Waals surface area contributed by atoms with Crippen molar-refractivity contribution in [3.05, 3.63) is 29.8 Å². The highest BCUT2D eigenvalue weighted by atomic mass is 32.2. The fourth-order valence-electron chi connectivity index (χ4n) is 2.38. The Balaban J connectivity index is 1.85. The maximum Gasteiger partial charge on any atom is 0.220 e. The van der Waals surface area contributed by atoms with Crippen molar-refractivity contribution >= 4 is 15.7 Å². The molecule has 2 atom stereocenters. The minimum atomic E-state index is -3.14. The number of aromatic hydroxyl groups is 1. The Hall–Kier alpha value is -1.60. The zero-order valence-corrected chi connectivity index (χ0v) is 12.6. The normalized spacial score (nSPS) is 23.9. The number of carbonyl (C=O) groups is 1. The molecule has 0 aliphatic carbocycles. The van der Waals surface area contributed by atoms with E-state index in [0.717, 1.165) is 5.56 Å². The molecule has 1 aliphatic heterocycles. The van der Waals surface area contributed by atoms with E-state index < -0.39 is 22.0 Å². The molecule has 6 nitrogen and oxygen atoms in total. The first-order valence-electron chi connectivity index (χ1n) is 6.70. The van der Waals surface area contributed by atoms with Crippen molar-refractivity contribution in [3.8, 4) is 5.75 Å². The Labute approximate surface area is 124 Å². The van der Waals surface area contributed by atoms with Gasteiger partial charge in [-0.25, -0.2) is 8.42 Å². The highest BCUT2D eigenvalue weighted by Crippen LogP contribution is 2.16. The van der Waals surface area contributed by atoms with Gasteiger partial charge in [0.25, 0.3) is 0 Å². The third-order valence-corrected chi connectivity index (χ3v) is 5.23. The van der Waals surface area contributed by atoms with Crippen LogP contribution in [0.4, 0.5) is 0 Å². The lowest BCUT2D eigenvalue weighted by Crippen LogP contribution is -2.43. The number of aryl methyl sites for hydroxylation is 1. The summed E-state index contributed by atoms with van der Waals surface area (Å²) in [7, 11) is -1.70. The third-order valence-electron chi connectivity index (χ3n) is 3.53. The van der Waals surface area contributed by atoms with Crippen LogP contribution in [0.1, 0.15) is 12.0 Å². The molecule has 2 N–H and O–H groups in total. The predicted molar refractivity (Wildman–Crippen MR) is 77.8 cm³/mol. The maximum absolute atomic E-state index is 11.9. The van der Waals surface area contributed by atoms with E-state index in [0.29, 0.717) is 6.42 Å². The minimum Gasteiger partial charge on any atom is -0.508 e. The Bertz CT molecular complexity index is 596. The van der Waals surface area contributed by atoms with Crippen molar-refractivity contribution in [2.75, 3.05) is 18.6 Å². The van der Waals surface area contributed by atoms with Crippen molar-refractivity contribution in [1.82, 2.24) is 5.32 Å². The molecule has 2 rings (SSSR count). The molecule has 0 aromatic heterocycles. The lowest BCUT2D eigenvalue weighted by Gasteiger charge is -2.17. The molecule has 116 valence electrons. The van der Waals surface area contributed by atoms with Crippen molar-refractivity contribution in [1.29, 1.82) is 0 Å². The number of nitrogens with one attached hydrogen (secondary N) is 1. The smallest absolute Gasteiger partial charge is 0.220 e. The number of ether oxygens (including phenoxy) is 1. The highest BCUT2D eigenvalue weighted by molar-refractivity contribution is 7.91. The lowest BCUT2D eigenvalue weighted by atomic mass is 10.1. The molecule has 0 radical (unpaired) electrons. The summed E-state index contributed by atoms with van der Waals surface area (Å²) in [4.78, 5) is 11.9. The van der Waals surface area contributed by atoms with Gasteiger partial charge in [0.2, 0.25) is 5.91 Å². The van der Waals surface area contributed by atoms with Gasteiger partial charge in [-0.05, 0) is 24.1 Å². The molecule has 7 heteroatoms. The van der Waals surface area contributed by atoms with Crippen LogP contribution < -0.4 is 5.32 Å². The number of hydrogen-bond donors (Lipinski definition) is 2. The molecule has 1 aromatic rings. The van der Waals surface area contributed by atoms with E-state index in [1.165, 1.54) is 7.11 Å². The van der Waals surface area contributed by atoms with Crippen molar-refractivity contribution in [3.63, 3.8) is 0 Å². The van der Waals surface area contributed by atoms with Crippen LogP contribution in [0.2, 0.25) is 0 Å². The Morgan fingerprint density at radius 3 is 2.62 bits per heavy atom. The van der Waals surface area contributed by atoms with Gasteiger partial charge < -0.3 is 15.2 Å². The first-order valence-corrected chi connectivity index (χ1v) is 8.52. The molecule has 1 aromatic carbocycles. The van der Waals surface area contributed by atoms with E-state index in [1.807, 2.05) is 0 Å². The number of amides is 1. The van der Waals surface area contributed by atoms with Gasteiger partial charge in [0, 0.05) is 13.5 Å². The second-order valence-electron chi connectivity index (χ2n) is 5.19. The van der Waals surface area contributed by atoms with E-state index in [9.17, 15) is 18.3 Å². The number of carbonyl (C=O) groups excluding carboxylic acids is 1. The predicted octanol–water partition coefficient (Wildman–Crippen LogP) is 0.253. The summed E-state index contributed by atoms with van der Waals surface area (Å²) in [5.41, 5.74) is 0.935. The first-order chi connectivity index (χ1) is 9.89. The first kappa shape index (κ1) is 15.8. The molecule has 1 aliphatic rings. The summed E-state index contributed by atoms with van der Waals surface area (Å²) < 4.78 is 28.2. The Morgan fingerprint density at radius 1 is 1.33 bits per heavy atom. The van der Waals surface area contributed by atoms with E-state index >= 15 is 0 Å². The monoisotopic (exact) mass is 313 g/mol. The average Bonchev–Trinajstić information content (AvgIpc) is 2.72. The third kappa shape index (κ3) is 4.44. The van der Waals surface area contributed by atoms with E-state index in [4.69, 9.17) is 4.74 Å². The van der Waals surface area contributed by atoms with Gasteiger partial charge in [-0.1, -0.05) is 12.1 Å². The number of phenolic OH excluding ortho intramolecular Hbond substituents is 1. The van der Waals surface area contributed by atoms with Gasteiger partial charge in [0.1, 0.15) is 5.75 Å². The fourth-order valence-corrected chi connectivity index (χ4v) is 4.23. The SMILES string of the molecule is CO[C@@H]1CS(=O)(=O)C[C@H]1NC(=O)CCc1ccc(O)cc1. The number of rotatable bonds is 5. The van der Waals surface area contributed by atoms with Crippen LogP contribution in [0.5, 0.6) is 5.75 Å². The van der Waals surface area contributed by atoms with Gasteiger partial charge in [0.05, 0.1) is 23.7 Å². The van der Waals surface area contributed by atoms with Gasteiger partial charge in [-0.2, -0.15) is 0 Å². The second kappa shape index (κ2) is 6.44. The summed E-state index contributed by atoms with van der Waals surface area (Å²) >= 11 is 0. The Kier molecular flexibility index (Phi) is 4.84. The van der Waals surface area contributed by atoms with Crippen LogP contribution >= 0.6 is 0 Å². The summed E-state index contributed by atoms with van der Waals surface area (Å²) in [6.45, 7) is 0. The standard InChI is InChI=1S/C14H19NO5S/c1-20-13-9-21(18,19)8-12(13)15-14(17)7-4-10-2-5-11(16)6-3-10/h2-3,5-6,12-13,16H,4,7-9H2,1H3,(H,15,17)/t12-,13-/m1/s1. The Morgan fingerprint density at radius 2 is 2.00 bits per heavy atom. The summed E-state index contributed by atoms with van der Waals surface area (Å²) in [5.74, 6) is -0.141. The molecule has 1 fully saturated rings. The van der Waals surface area contributed by atoms with E-state index in [2.05, 4.69) is 5.32 Å². The molecule has 0 bridgehead atoms. The molecular weight excluding hydrogens is 294 g/mol. The molecular formula is C14H19NO5S. The summed E-state index contributed by atoms with van der Waals surface area (Å²) in [6.07, 6.45) is 0.314. The molecule has 0 saturated carbocycles. The number of sulfone groups is 1. The van der Waals surface area contributed by atoms with E-state index in [-0.39, 0.29) is 29.6 Å². The number of hydrogen-bond acceptors (Lipinski definition) is 5. The molecule has 1 amide bonds. The summed E-state index contributed by atoms with van der Waals surface area (Å²) in [5, 5.41) is 11.9. The highest BCUT2D eigenvalue weighted by Gasteiger charge is 2.38. The van der Waals surface area contributed by atoms with Crippen LogP contribution in [0.25, 0.3) is 0 Å². The van der Waals surface area contributed by atoms with Crippen molar-refractivity contribution in [2.24, 2.45) is 0 Å². The van der Waals surface area contributed by atoms with Crippen LogP contribution in [0.3, 0.4) is 0 Å². The van der Waals surface area contributed by atoms with Crippen LogP contribution in [-0.2, 0) is 25.8 Å². The molecule has 21 heavy (non-hydrogen) atoms. The topological polar surface area (TPSA) is 92.7 Å². The largest absolute Gasteiger partial charge is 0.508 e. The molecule has 0 unspecified atom stereocenters. The zero-order valence-electron chi connectivity index (χ0n) is 11.8. The van der Waals surface area contributed by atoms with Gasteiger partial charge in [-0.3, -0.25) is 4.79 Å². The second-order valence-corrected chi connectivity index (χ2v) is 7.35.